The topological polar surface area (TPSA) is 169 Å². The first kappa shape index (κ1) is 17.9. The molecule has 2 heterocycles. The van der Waals surface area contributed by atoms with E-state index in [9.17, 15) is 30.6 Å². The van der Waals surface area contributed by atoms with E-state index < -0.39 is 61.9 Å². The van der Waals surface area contributed by atoms with Gasteiger partial charge in [0.15, 0.2) is 12.6 Å². The molecular weight excluding hydrogens is 304 g/mol. The summed E-state index contributed by atoms with van der Waals surface area (Å²) in [5.74, 6) is 0. The van der Waals surface area contributed by atoms with E-state index in [0.29, 0.717) is 0 Å². The van der Waals surface area contributed by atoms with Crippen LogP contribution in [0, 0.1) is 0 Å². The number of aliphatic hydroxyl groups excluding tert-OH is 7. The summed E-state index contributed by atoms with van der Waals surface area (Å²) >= 11 is 0. The highest BCUT2D eigenvalue weighted by Crippen LogP contribution is 2.24. The van der Waals surface area contributed by atoms with Gasteiger partial charge in [0.05, 0.1) is 19.3 Å². The lowest BCUT2D eigenvalue weighted by Gasteiger charge is -2.40. The van der Waals surface area contributed by atoms with Crippen molar-refractivity contribution in [3.8, 4) is 0 Å². The van der Waals surface area contributed by atoms with Gasteiger partial charge in [0.2, 0.25) is 0 Å². The molecule has 2 aliphatic rings. The average Bonchev–Trinajstić information content (AvgIpc) is 2.50. The van der Waals surface area contributed by atoms with E-state index in [0.717, 1.165) is 0 Å². The molecule has 0 bridgehead atoms. The molecule has 9 atom stereocenters. The van der Waals surface area contributed by atoms with Gasteiger partial charge in [-0.15, -0.1) is 0 Å². The third-order valence-electron chi connectivity index (χ3n) is 3.85. The van der Waals surface area contributed by atoms with Crippen LogP contribution >= 0.6 is 0 Å². The molecule has 0 aromatic carbocycles. The smallest absolute Gasteiger partial charge is 0.184 e. The monoisotopic (exact) mass is 326 g/mol. The normalized spacial score (nSPS) is 50.0. The zero-order chi connectivity index (χ0) is 16.4. The number of hydrogen-bond acceptors (Lipinski definition) is 10. The van der Waals surface area contributed by atoms with Crippen molar-refractivity contribution < 1.29 is 50.0 Å². The molecular formula is C12H22O10. The first-order chi connectivity index (χ1) is 10.3. The van der Waals surface area contributed by atoms with E-state index in [1.165, 1.54) is 0 Å². The molecule has 0 spiro atoms. The molecule has 0 radical (unpaired) electrons. The summed E-state index contributed by atoms with van der Waals surface area (Å²) in [5, 5.41) is 66.3. The number of rotatable bonds is 4. The second-order valence-corrected chi connectivity index (χ2v) is 5.45. The highest BCUT2D eigenvalue weighted by molar-refractivity contribution is 4.89. The minimum atomic E-state index is -1.67. The van der Waals surface area contributed by atoms with Crippen molar-refractivity contribution >= 4 is 0 Å². The highest BCUT2D eigenvalue weighted by atomic mass is 16.7. The van der Waals surface area contributed by atoms with Gasteiger partial charge in [-0.2, -0.15) is 0 Å². The molecule has 10 heteroatoms. The predicted octanol–water partition coefficient (Wildman–Crippen LogP) is -4.37. The molecule has 0 amide bonds. The molecule has 0 saturated carbocycles. The van der Waals surface area contributed by atoms with E-state index in [2.05, 4.69) is 0 Å². The molecule has 2 aliphatic heterocycles. The fourth-order valence-corrected chi connectivity index (χ4v) is 2.44. The Labute approximate surface area is 126 Å². The molecule has 0 aliphatic carbocycles. The van der Waals surface area contributed by atoms with Gasteiger partial charge in [-0.05, 0) is 0 Å². The van der Waals surface area contributed by atoms with Crippen molar-refractivity contribution in [1.82, 2.24) is 0 Å². The van der Waals surface area contributed by atoms with Gasteiger partial charge in [0.1, 0.15) is 36.6 Å². The number of hydrogen-bond donors (Lipinski definition) is 7. The number of aliphatic hydroxyl groups is 7. The van der Waals surface area contributed by atoms with Crippen LogP contribution in [0.2, 0.25) is 0 Å². The number of ether oxygens (including phenoxy) is 3. The average molecular weight is 326 g/mol. The van der Waals surface area contributed by atoms with Gasteiger partial charge >= 0.3 is 0 Å². The molecule has 22 heavy (non-hydrogen) atoms. The van der Waals surface area contributed by atoms with E-state index >= 15 is 0 Å². The zero-order valence-electron chi connectivity index (χ0n) is 11.7. The van der Waals surface area contributed by atoms with E-state index in [1.807, 2.05) is 0 Å². The molecule has 9 unspecified atom stereocenters. The Morgan fingerprint density at radius 2 is 1.50 bits per heavy atom. The Morgan fingerprint density at radius 3 is 2.14 bits per heavy atom. The fourth-order valence-electron chi connectivity index (χ4n) is 2.44. The maximum atomic E-state index is 9.75. The summed E-state index contributed by atoms with van der Waals surface area (Å²) in [7, 11) is 0. The zero-order valence-corrected chi connectivity index (χ0v) is 11.7. The van der Waals surface area contributed by atoms with Crippen LogP contribution < -0.4 is 0 Å². The standard InChI is InChI=1S/C12H22O10/c13-2-5-8(15)4(14)1-7(21-5)20-3-6-9(16)10(17)11(18)12(19)22-6/h4-19H,1-3H2. The quantitative estimate of drug-likeness (QED) is 0.268. The van der Waals surface area contributed by atoms with E-state index in [4.69, 9.17) is 19.3 Å². The van der Waals surface area contributed by atoms with E-state index in [1.54, 1.807) is 0 Å². The van der Waals surface area contributed by atoms with Gasteiger partial charge < -0.3 is 50.0 Å². The molecule has 2 rings (SSSR count). The molecule has 2 fully saturated rings. The van der Waals surface area contributed by atoms with Crippen LogP contribution in [0.25, 0.3) is 0 Å². The SMILES string of the molecule is OCC1OC(OCC2OC(O)C(O)C(O)C2O)CC(O)C1O. The second kappa shape index (κ2) is 7.45. The second-order valence-electron chi connectivity index (χ2n) is 5.45. The maximum Gasteiger partial charge on any atom is 0.184 e. The summed E-state index contributed by atoms with van der Waals surface area (Å²) in [5.41, 5.74) is 0. The van der Waals surface area contributed by atoms with Gasteiger partial charge in [-0.1, -0.05) is 0 Å². The summed E-state index contributed by atoms with van der Waals surface area (Å²) in [6.07, 6.45) is -11.9. The van der Waals surface area contributed by atoms with E-state index in [-0.39, 0.29) is 13.0 Å². The van der Waals surface area contributed by atoms with Crippen LogP contribution in [0.4, 0.5) is 0 Å². The lowest BCUT2D eigenvalue weighted by Crippen LogP contribution is -2.59. The highest BCUT2D eigenvalue weighted by Gasteiger charge is 2.44. The molecule has 2 saturated heterocycles. The van der Waals surface area contributed by atoms with Gasteiger partial charge in [-0.25, -0.2) is 0 Å². The molecule has 0 aromatic heterocycles. The van der Waals surface area contributed by atoms with Crippen molar-refractivity contribution in [2.24, 2.45) is 0 Å². The van der Waals surface area contributed by atoms with Crippen LogP contribution in [0.3, 0.4) is 0 Å². The van der Waals surface area contributed by atoms with Crippen LogP contribution in [0.5, 0.6) is 0 Å². The summed E-state index contributed by atoms with van der Waals surface area (Å²) in [4.78, 5) is 0. The first-order valence-electron chi connectivity index (χ1n) is 6.97. The minimum Gasteiger partial charge on any atom is -0.394 e. The molecule has 130 valence electrons. The maximum absolute atomic E-state index is 9.75. The van der Waals surface area contributed by atoms with Crippen molar-refractivity contribution in [3.63, 3.8) is 0 Å². The van der Waals surface area contributed by atoms with Crippen LogP contribution in [0.1, 0.15) is 6.42 Å². The Hall–Kier alpha value is -0.400. The summed E-state index contributed by atoms with van der Waals surface area (Å²) in [6.45, 7) is -0.808. The van der Waals surface area contributed by atoms with Crippen molar-refractivity contribution in [1.29, 1.82) is 0 Å². The molecule has 10 nitrogen and oxygen atoms in total. The van der Waals surface area contributed by atoms with Gasteiger partial charge in [0, 0.05) is 6.42 Å². The van der Waals surface area contributed by atoms with Crippen LogP contribution in [0.15, 0.2) is 0 Å². The van der Waals surface area contributed by atoms with Gasteiger partial charge in [0.25, 0.3) is 0 Å². The lowest BCUT2D eigenvalue weighted by molar-refractivity contribution is -0.307. The van der Waals surface area contributed by atoms with Crippen LogP contribution in [-0.2, 0) is 14.2 Å². The van der Waals surface area contributed by atoms with Crippen molar-refractivity contribution in [2.45, 2.75) is 61.7 Å². The Balaban J connectivity index is 1.87. The van der Waals surface area contributed by atoms with Crippen molar-refractivity contribution in [2.75, 3.05) is 13.2 Å². The third-order valence-corrected chi connectivity index (χ3v) is 3.85. The molecule has 0 aromatic rings. The van der Waals surface area contributed by atoms with Gasteiger partial charge in [-0.3, -0.25) is 0 Å². The Morgan fingerprint density at radius 1 is 0.818 bits per heavy atom. The fraction of sp³-hybridized carbons (Fsp3) is 1.00. The first-order valence-corrected chi connectivity index (χ1v) is 6.97. The van der Waals surface area contributed by atoms with Crippen LogP contribution in [-0.4, -0.2) is 104 Å². The molecule has 7 N–H and O–H groups in total. The summed E-state index contributed by atoms with van der Waals surface area (Å²) in [6, 6.07) is 0. The minimum absolute atomic E-state index is 0.0613. The predicted molar refractivity (Wildman–Crippen MR) is 67.2 cm³/mol. The van der Waals surface area contributed by atoms with Crippen molar-refractivity contribution in [3.05, 3.63) is 0 Å². The largest absolute Gasteiger partial charge is 0.394 e. The third kappa shape index (κ3) is 3.74. The summed E-state index contributed by atoms with van der Waals surface area (Å²) < 4.78 is 15.4. The lowest BCUT2D eigenvalue weighted by atomic mass is 9.99. The Bertz CT molecular complexity index is 355. The Kier molecular flexibility index (Phi) is 6.07.